The summed E-state index contributed by atoms with van der Waals surface area (Å²) in [5.41, 5.74) is 4.89. The molecule has 1 aromatic carbocycles. The predicted octanol–water partition coefficient (Wildman–Crippen LogP) is 2.40. The number of hydrogen-bond donors (Lipinski definition) is 0. The van der Waals surface area contributed by atoms with Gasteiger partial charge in [0.05, 0.1) is 0 Å². The summed E-state index contributed by atoms with van der Waals surface area (Å²) in [6, 6.07) is 12.4. The van der Waals surface area contributed by atoms with Crippen molar-refractivity contribution in [3.05, 3.63) is 70.2 Å². The molecule has 0 saturated heterocycles. The Kier molecular flexibility index (Phi) is 2.56. The highest BCUT2D eigenvalue weighted by Gasteiger charge is 2.22. The monoisotopic (exact) mass is 225 g/mol. The van der Waals surface area contributed by atoms with Gasteiger partial charge in [0, 0.05) is 18.1 Å². The highest BCUT2D eigenvalue weighted by Crippen LogP contribution is 2.24. The van der Waals surface area contributed by atoms with Crippen molar-refractivity contribution >= 4 is 0 Å². The summed E-state index contributed by atoms with van der Waals surface area (Å²) in [6.07, 6.45) is 5.69. The minimum absolute atomic E-state index is 0.932. The summed E-state index contributed by atoms with van der Waals surface area (Å²) in [4.78, 5) is 0. The third kappa shape index (κ3) is 1.91. The van der Waals surface area contributed by atoms with Gasteiger partial charge in [0.2, 0.25) is 0 Å². The summed E-state index contributed by atoms with van der Waals surface area (Å²) in [5, 5.41) is 11.6. The third-order valence-electron chi connectivity index (χ3n) is 3.49. The Bertz CT molecular complexity index is 534. The van der Waals surface area contributed by atoms with Crippen molar-refractivity contribution in [2.45, 2.75) is 25.7 Å². The molecule has 0 radical (unpaired) electrons. The van der Waals surface area contributed by atoms with Crippen LogP contribution in [0.1, 0.15) is 28.8 Å². The maximum atomic E-state index is 11.6. The summed E-state index contributed by atoms with van der Waals surface area (Å²) < 4.78 is 1.04. The summed E-state index contributed by atoms with van der Waals surface area (Å²) in [7, 11) is 0. The molecular formula is C15H15NO. The van der Waals surface area contributed by atoms with Crippen molar-refractivity contribution in [3.8, 4) is 0 Å². The van der Waals surface area contributed by atoms with E-state index in [9.17, 15) is 5.21 Å². The number of fused-ring (bicyclic) bond motifs is 1. The predicted molar refractivity (Wildman–Crippen MR) is 66.7 cm³/mol. The molecule has 0 spiro atoms. The second-order valence-electron chi connectivity index (χ2n) is 4.61. The lowest BCUT2D eigenvalue weighted by Gasteiger charge is -2.08. The first kappa shape index (κ1) is 10.3. The number of aromatic nitrogens is 1. The maximum Gasteiger partial charge on any atom is 0.196 e. The van der Waals surface area contributed by atoms with Gasteiger partial charge in [0.15, 0.2) is 11.9 Å². The van der Waals surface area contributed by atoms with E-state index in [1.807, 2.05) is 12.1 Å². The lowest BCUT2D eigenvalue weighted by atomic mass is 10.00. The molecular weight excluding hydrogens is 210 g/mol. The first-order valence-corrected chi connectivity index (χ1v) is 6.11. The standard InChI is InChI=1S/C15H15NO/c17-16-10-9-13(14-7-4-8-15(14)16)11-12-5-2-1-3-6-12/h1-3,5-6,9-10H,4,7-8,11H2. The van der Waals surface area contributed by atoms with E-state index >= 15 is 0 Å². The Morgan fingerprint density at radius 3 is 2.71 bits per heavy atom. The van der Waals surface area contributed by atoms with Crippen molar-refractivity contribution in [1.82, 2.24) is 0 Å². The van der Waals surface area contributed by atoms with Crippen LogP contribution in [0, 0.1) is 5.21 Å². The van der Waals surface area contributed by atoms with Crippen molar-refractivity contribution in [1.29, 1.82) is 0 Å². The average molecular weight is 225 g/mol. The summed E-state index contributed by atoms with van der Waals surface area (Å²) in [6.45, 7) is 0. The molecule has 2 heteroatoms. The minimum atomic E-state index is 0.932. The van der Waals surface area contributed by atoms with Crippen LogP contribution in [-0.2, 0) is 19.3 Å². The molecule has 0 N–H and O–H groups in total. The van der Waals surface area contributed by atoms with Crippen molar-refractivity contribution in [3.63, 3.8) is 0 Å². The van der Waals surface area contributed by atoms with E-state index in [0.29, 0.717) is 0 Å². The molecule has 1 aliphatic rings. The molecule has 3 rings (SSSR count). The van der Waals surface area contributed by atoms with Gasteiger partial charge in [0.25, 0.3) is 0 Å². The van der Waals surface area contributed by atoms with Gasteiger partial charge < -0.3 is 5.21 Å². The summed E-state index contributed by atoms with van der Waals surface area (Å²) in [5.74, 6) is 0. The first-order chi connectivity index (χ1) is 8.34. The molecule has 0 amide bonds. The number of nitrogens with zero attached hydrogens (tertiary/aromatic N) is 1. The second-order valence-corrected chi connectivity index (χ2v) is 4.61. The molecule has 0 saturated carbocycles. The SMILES string of the molecule is [O-][n+]1ccc(Cc2ccccc2)c2c1CCC2. The van der Waals surface area contributed by atoms with E-state index in [4.69, 9.17) is 0 Å². The van der Waals surface area contributed by atoms with Crippen molar-refractivity contribution < 1.29 is 4.73 Å². The average Bonchev–Trinajstić information content (AvgIpc) is 2.84. The smallest absolute Gasteiger partial charge is 0.196 e. The number of rotatable bonds is 2. The Morgan fingerprint density at radius 2 is 1.88 bits per heavy atom. The number of hydrogen-bond acceptors (Lipinski definition) is 1. The normalized spacial score (nSPS) is 13.6. The highest BCUT2D eigenvalue weighted by molar-refractivity contribution is 5.35. The first-order valence-electron chi connectivity index (χ1n) is 6.11. The number of pyridine rings is 1. The molecule has 2 nitrogen and oxygen atoms in total. The van der Waals surface area contributed by atoms with Crippen LogP contribution < -0.4 is 4.73 Å². The lowest BCUT2D eigenvalue weighted by Crippen LogP contribution is -2.31. The molecule has 1 aliphatic carbocycles. The Balaban J connectivity index is 1.97. The molecule has 0 bridgehead atoms. The van der Waals surface area contributed by atoms with Gasteiger partial charge >= 0.3 is 0 Å². The van der Waals surface area contributed by atoms with E-state index in [0.717, 1.165) is 36.1 Å². The number of benzene rings is 1. The largest absolute Gasteiger partial charge is 0.618 e. The zero-order valence-electron chi connectivity index (χ0n) is 9.73. The molecule has 0 aliphatic heterocycles. The van der Waals surface area contributed by atoms with E-state index in [1.165, 1.54) is 16.7 Å². The topological polar surface area (TPSA) is 26.9 Å². The lowest BCUT2D eigenvalue weighted by molar-refractivity contribution is -0.613. The van der Waals surface area contributed by atoms with Crippen LogP contribution in [0.15, 0.2) is 42.6 Å². The molecule has 2 aromatic rings. The fraction of sp³-hybridized carbons (Fsp3) is 0.267. The van der Waals surface area contributed by atoms with Gasteiger partial charge in [-0.2, -0.15) is 4.73 Å². The van der Waals surface area contributed by atoms with Gasteiger partial charge in [-0.1, -0.05) is 30.3 Å². The molecule has 0 fully saturated rings. The van der Waals surface area contributed by atoms with Crippen LogP contribution in [0.4, 0.5) is 0 Å². The van der Waals surface area contributed by atoms with Gasteiger partial charge in [-0.3, -0.25) is 0 Å². The molecule has 17 heavy (non-hydrogen) atoms. The highest BCUT2D eigenvalue weighted by atomic mass is 16.5. The van der Waals surface area contributed by atoms with E-state index in [1.54, 1.807) is 6.20 Å². The fourth-order valence-electron chi connectivity index (χ4n) is 2.65. The van der Waals surface area contributed by atoms with E-state index in [2.05, 4.69) is 24.3 Å². The van der Waals surface area contributed by atoms with Crippen molar-refractivity contribution in [2.75, 3.05) is 0 Å². The zero-order chi connectivity index (χ0) is 11.7. The molecule has 1 heterocycles. The molecule has 86 valence electrons. The molecule has 0 unspecified atom stereocenters. The van der Waals surface area contributed by atoms with Crippen LogP contribution in [0.2, 0.25) is 0 Å². The minimum Gasteiger partial charge on any atom is -0.618 e. The molecule has 1 aromatic heterocycles. The van der Waals surface area contributed by atoms with E-state index < -0.39 is 0 Å². The van der Waals surface area contributed by atoms with Crippen LogP contribution in [0.3, 0.4) is 0 Å². The molecule has 0 atom stereocenters. The maximum absolute atomic E-state index is 11.6. The van der Waals surface area contributed by atoms with Gasteiger partial charge in [-0.25, -0.2) is 0 Å². The second kappa shape index (κ2) is 4.21. The third-order valence-corrected chi connectivity index (χ3v) is 3.49. The van der Waals surface area contributed by atoms with Crippen LogP contribution in [-0.4, -0.2) is 0 Å². The Morgan fingerprint density at radius 1 is 1.06 bits per heavy atom. The zero-order valence-corrected chi connectivity index (χ0v) is 9.73. The Labute approximate surface area is 101 Å². The van der Waals surface area contributed by atoms with Crippen LogP contribution >= 0.6 is 0 Å². The van der Waals surface area contributed by atoms with Crippen LogP contribution in [0.5, 0.6) is 0 Å². The summed E-state index contributed by atoms with van der Waals surface area (Å²) >= 11 is 0. The quantitative estimate of drug-likeness (QED) is 0.569. The van der Waals surface area contributed by atoms with Gasteiger partial charge in [-0.15, -0.1) is 0 Å². The Hall–Kier alpha value is -1.83. The van der Waals surface area contributed by atoms with Gasteiger partial charge in [-0.05, 0) is 30.4 Å². The van der Waals surface area contributed by atoms with Gasteiger partial charge in [0.1, 0.15) is 0 Å². The van der Waals surface area contributed by atoms with E-state index in [-0.39, 0.29) is 0 Å². The fourth-order valence-corrected chi connectivity index (χ4v) is 2.65. The van der Waals surface area contributed by atoms with Crippen molar-refractivity contribution in [2.24, 2.45) is 0 Å². The van der Waals surface area contributed by atoms with Crippen LogP contribution in [0.25, 0.3) is 0 Å².